The Labute approximate surface area is 204 Å². The van der Waals surface area contributed by atoms with Gasteiger partial charge in [-0.3, -0.25) is 0 Å². The van der Waals surface area contributed by atoms with Crippen molar-refractivity contribution in [2.24, 2.45) is 62.4 Å². The number of hydrogen-bond acceptors (Lipinski definition) is 2. The monoisotopic (exact) mass is 455 g/mol. The molecule has 3 N–H and O–H groups in total. The average molecular weight is 456 g/mol. The molecule has 5 saturated carbocycles. The molecule has 4 unspecified atom stereocenters. The van der Waals surface area contributed by atoms with Crippen LogP contribution in [0.2, 0.25) is 0 Å². The van der Waals surface area contributed by atoms with Crippen LogP contribution in [0.5, 0.6) is 0 Å². The predicted octanol–water partition coefficient (Wildman–Crippen LogP) is 7.35. The summed E-state index contributed by atoms with van der Waals surface area (Å²) in [6, 6.07) is 0. The first-order valence-electron chi connectivity index (χ1n) is 14.4. The molecule has 0 aromatic rings. The molecule has 5 aliphatic rings. The van der Waals surface area contributed by atoms with Crippen molar-refractivity contribution in [3.8, 4) is 0 Å². The molecule has 0 aromatic heterocycles. The van der Waals surface area contributed by atoms with Crippen molar-refractivity contribution in [3.63, 3.8) is 0 Å². The standard InChI is InChI=1S/C31H53NO/c1-20(2)21-10-15-31(18-19-32)17-16-29(6)22(26(21)31)8-9-24-28(5)13-12-25(33)27(3,4)23(28)11-14-30(24,29)7/h21-26,33H,1,8-19,32H2,2-7H3/t21-,22?,23?,24?,25-,26?,28-,29+,30+,31+/m0/s1. The van der Waals surface area contributed by atoms with E-state index in [-0.39, 0.29) is 11.5 Å². The van der Waals surface area contributed by atoms with Crippen LogP contribution in [0, 0.1) is 56.7 Å². The Bertz CT molecular complexity index is 803. The Hall–Kier alpha value is -0.340. The molecule has 0 spiro atoms. The summed E-state index contributed by atoms with van der Waals surface area (Å²) in [6.45, 7) is 20.5. The van der Waals surface area contributed by atoms with Gasteiger partial charge in [0, 0.05) is 0 Å². The fourth-order valence-corrected chi connectivity index (χ4v) is 12.0. The van der Waals surface area contributed by atoms with Gasteiger partial charge in [0.05, 0.1) is 6.10 Å². The minimum Gasteiger partial charge on any atom is -0.393 e. The maximum Gasteiger partial charge on any atom is 0.0594 e. The third kappa shape index (κ3) is 2.98. The van der Waals surface area contributed by atoms with Crippen molar-refractivity contribution in [1.82, 2.24) is 0 Å². The lowest BCUT2D eigenvalue weighted by atomic mass is 9.32. The van der Waals surface area contributed by atoms with E-state index in [2.05, 4.69) is 48.1 Å². The van der Waals surface area contributed by atoms with E-state index >= 15 is 0 Å². The molecular formula is C31H53NO. The summed E-state index contributed by atoms with van der Waals surface area (Å²) < 4.78 is 0. The number of aliphatic hydroxyl groups is 1. The zero-order valence-corrected chi connectivity index (χ0v) is 22.7. The summed E-state index contributed by atoms with van der Waals surface area (Å²) in [4.78, 5) is 0. The van der Waals surface area contributed by atoms with E-state index in [0.717, 1.165) is 30.7 Å². The topological polar surface area (TPSA) is 46.2 Å². The fourth-order valence-electron chi connectivity index (χ4n) is 12.0. The first kappa shape index (κ1) is 24.4. The van der Waals surface area contributed by atoms with Crippen LogP contribution >= 0.6 is 0 Å². The van der Waals surface area contributed by atoms with Crippen molar-refractivity contribution in [2.75, 3.05) is 6.54 Å². The lowest BCUT2D eigenvalue weighted by molar-refractivity contribution is -0.247. The van der Waals surface area contributed by atoms with Crippen molar-refractivity contribution < 1.29 is 5.11 Å². The van der Waals surface area contributed by atoms with E-state index in [1.54, 1.807) is 0 Å². The van der Waals surface area contributed by atoms with Crippen molar-refractivity contribution >= 4 is 0 Å². The van der Waals surface area contributed by atoms with Crippen molar-refractivity contribution in [1.29, 1.82) is 0 Å². The van der Waals surface area contributed by atoms with Gasteiger partial charge in [-0.15, -0.1) is 0 Å². The zero-order valence-electron chi connectivity index (χ0n) is 22.7. The predicted molar refractivity (Wildman–Crippen MR) is 139 cm³/mol. The maximum absolute atomic E-state index is 10.9. The Morgan fingerprint density at radius 2 is 1.58 bits per heavy atom. The van der Waals surface area contributed by atoms with E-state index in [1.165, 1.54) is 69.8 Å². The highest BCUT2D eigenvalue weighted by atomic mass is 16.3. The minimum absolute atomic E-state index is 0.0471. The molecule has 0 amide bonds. The second-order valence-corrected chi connectivity index (χ2v) is 15.0. The minimum atomic E-state index is -0.131. The molecule has 5 fully saturated rings. The summed E-state index contributed by atoms with van der Waals surface area (Å²) in [6.07, 6.45) is 14.3. The van der Waals surface area contributed by atoms with Crippen LogP contribution in [-0.4, -0.2) is 17.8 Å². The molecule has 2 nitrogen and oxygen atoms in total. The van der Waals surface area contributed by atoms with Gasteiger partial charge >= 0.3 is 0 Å². The number of allylic oxidation sites excluding steroid dienone is 1. The molecule has 0 aliphatic heterocycles. The number of aliphatic hydroxyl groups excluding tert-OH is 1. The van der Waals surface area contributed by atoms with Gasteiger partial charge in [-0.25, -0.2) is 0 Å². The smallest absolute Gasteiger partial charge is 0.0594 e. The molecule has 0 bridgehead atoms. The van der Waals surface area contributed by atoms with E-state index in [9.17, 15) is 5.11 Å². The third-order valence-electron chi connectivity index (χ3n) is 13.9. The van der Waals surface area contributed by atoms with Crippen LogP contribution in [-0.2, 0) is 0 Å². The largest absolute Gasteiger partial charge is 0.393 e. The Morgan fingerprint density at radius 3 is 2.24 bits per heavy atom. The molecule has 0 radical (unpaired) electrons. The second kappa shape index (κ2) is 7.58. The maximum atomic E-state index is 10.9. The molecule has 33 heavy (non-hydrogen) atoms. The molecule has 0 aromatic carbocycles. The highest BCUT2D eigenvalue weighted by molar-refractivity contribution is 5.21. The second-order valence-electron chi connectivity index (χ2n) is 15.0. The van der Waals surface area contributed by atoms with Gasteiger partial charge in [0.1, 0.15) is 0 Å². The average Bonchev–Trinajstić information content (AvgIpc) is 3.12. The molecule has 0 saturated heterocycles. The van der Waals surface area contributed by atoms with Gasteiger partial charge in [0.15, 0.2) is 0 Å². The van der Waals surface area contributed by atoms with Gasteiger partial charge in [0.2, 0.25) is 0 Å². The van der Waals surface area contributed by atoms with Gasteiger partial charge in [-0.2, -0.15) is 0 Å². The van der Waals surface area contributed by atoms with Crippen LogP contribution in [0.15, 0.2) is 12.2 Å². The first-order valence-corrected chi connectivity index (χ1v) is 14.4. The zero-order chi connectivity index (χ0) is 24.0. The van der Waals surface area contributed by atoms with Gasteiger partial charge in [0.25, 0.3) is 0 Å². The van der Waals surface area contributed by atoms with Gasteiger partial charge < -0.3 is 10.8 Å². The van der Waals surface area contributed by atoms with Crippen LogP contribution in [0.1, 0.15) is 112 Å². The van der Waals surface area contributed by atoms with Gasteiger partial charge in [-0.05, 0) is 141 Å². The number of hydrogen-bond donors (Lipinski definition) is 2. The Kier molecular flexibility index (Phi) is 5.60. The van der Waals surface area contributed by atoms with Crippen molar-refractivity contribution in [3.05, 3.63) is 12.2 Å². The molecule has 5 rings (SSSR count). The van der Waals surface area contributed by atoms with E-state index in [4.69, 9.17) is 5.73 Å². The summed E-state index contributed by atoms with van der Waals surface area (Å²) in [5, 5.41) is 10.9. The summed E-state index contributed by atoms with van der Waals surface area (Å²) in [5.41, 5.74) is 9.42. The molecule has 10 atom stereocenters. The van der Waals surface area contributed by atoms with Crippen LogP contribution < -0.4 is 5.73 Å². The molecule has 188 valence electrons. The fraction of sp³-hybridized carbons (Fsp3) is 0.935. The quantitative estimate of drug-likeness (QED) is 0.437. The van der Waals surface area contributed by atoms with E-state index in [0.29, 0.717) is 33.5 Å². The normalized spacial score (nSPS) is 55.2. The summed E-state index contributed by atoms with van der Waals surface area (Å²) >= 11 is 0. The highest BCUT2D eigenvalue weighted by Crippen LogP contribution is 2.77. The van der Waals surface area contributed by atoms with Crippen molar-refractivity contribution in [2.45, 2.75) is 118 Å². The van der Waals surface area contributed by atoms with Gasteiger partial charge in [-0.1, -0.05) is 46.8 Å². The molecule has 0 heterocycles. The van der Waals surface area contributed by atoms with Crippen LogP contribution in [0.4, 0.5) is 0 Å². The highest BCUT2D eigenvalue weighted by Gasteiger charge is 2.70. The van der Waals surface area contributed by atoms with E-state index < -0.39 is 0 Å². The molecule has 2 heteroatoms. The molecule has 5 aliphatic carbocycles. The number of fused-ring (bicyclic) bond motifs is 7. The summed E-state index contributed by atoms with van der Waals surface area (Å²) in [7, 11) is 0. The molecular weight excluding hydrogens is 402 g/mol. The van der Waals surface area contributed by atoms with Crippen LogP contribution in [0.3, 0.4) is 0 Å². The SMILES string of the molecule is C=C(C)[C@@H]1CC[C@]2(CCN)CC[C@]3(C)C(CCC4[C@@]5(C)CC[C@H](O)C(C)(C)C5CC[C@]43C)C12. The third-order valence-corrected chi connectivity index (χ3v) is 13.9. The number of nitrogens with two attached hydrogens (primary N) is 1. The first-order chi connectivity index (χ1) is 15.4. The Morgan fingerprint density at radius 1 is 0.848 bits per heavy atom. The Balaban J connectivity index is 1.54. The lowest BCUT2D eigenvalue weighted by Gasteiger charge is -2.73. The number of rotatable bonds is 3. The van der Waals surface area contributed by atoms with E-state index in [1.807, 2.05) is 0 Å². The van der Waals surface area contributed by atoms with Crippen LogP contribution in [0.25, 0.3) is 0 Å². The lowest BCUT2D eigenvalue weighted by Crippen LogP contribution is -2.66. The summed E-state index contributed by atoms with van der Waals surface area (Å²) in [5.74, 6) is 3.78.